The van der Waals surface area contributed by atoms with Crippen molar-refractivity contribution in [1.29, 1.82) is 0 Å². The van der Waals surface area contributed by atoms with E-state index in [1.807, 2.05) is 36.0 Å². The zero-order valence-electron chi connectivity index (χ0n) is 9.43. The van der Waals surface area contributed by atoms with Gasteiger partial charge in [-0.15, -0.1) is 0 Å². The van der Waals surface area contributed by atoms with Crippen LogP contribution in [0, 0.1) is 6.92 Å². The highest BCUT2D eigenvalue weighted by Gasteiger charge is 2.10. The number of carbonyl (C=O) groups excluding carboxylic acids is 1. The van der Waals surface area contributed by atoms with Gasteiger partial charge in [-0.2, -0.15) is 0 Å². The summed E-state index contributed by atoms with van der Waals surface area (Å²) in [6.07, 6.45) is 4.38. The van der Waals surface area contributed by atoms with Crippen molar-refractivity contribution in [3.05, 3.63) is 30.1 Å². The predicted molar refractivity (Wildman–Crippen MR) is 55.8 cm³/mol. The van der Waals surface area contributed by atoms with Crippen LogP contribution in [0.5, 0.6) is 0 Å². The summed E-state index contributed by atoms with van der Waals surface area (Å²) in [5, 5.41) is 1.24. The van der Waals surface area contributed by atoms with Crippen LogP contribution in [0.15, 0.2) is 24.5 Å². The summed E-state index contributed by atoms with van der Waals surface area (Å²) in [7, 11) is 3.10. The van der Waals surface area contributed by atoms with E-state index in [0.717, 1.165) is 0 Å². The quantitative estimate of drug-likeness (QED) is 0.540. The Balaban J connectivity index is 2.43. The molecule has 1 aromatic heterocycles. The van der Waals surface area contributed by atoms with Crippen molar-refractivity contribution in [2.45, 2.75) is 19.9 Å². The molecule has 1 aromatic rings. The smallest absolute Gasteiger partial charge is 0.252 e. The molecule has 0 aliphatic carbocycles. The van der Waals surface area contributed by atoms with Gasteiger partial charge >= 0.3 is 0 Å². The lowest BCUT2D eigenvalue weighted by Gasteiger charge is -2.11. The number of rotatable bonds is 4. The maximum Gasteiger partial charge on any atom is 0.252 e. The van der Waals surface area contributed by atoms with Crippen molar-refractivity contribution >= 4 is 5.91 Å². The molecule has 4 heteroatoms. The first-order valence-electron chi connectivity index (χ1n) is 4.90. The standard InChI is InChI=1S/C11H17N2O2/c1-10-4-7-13(8-5-10)9-6-11(14)12(2)15-3/h4-5,7-8H,6,9H2,1-3H3/q+1. The summed E-state index contributed by atoms with van der Waals surface area (Å²) in [6, 6.07) is 4.04. The molecule has 1 rings (SSSR count). The summed E-state index contributed by atoms with van der Waals surface area (Å²) in [4.78, 5) is 16.2. The lowest BCUT2D eigenvalue weighted by atomic mass is 10.3. The maximum atomic E-state index is 11.4. The summed E-state index contributed by atoms with van der Waals surface area (Å²) < 4.78 is 1.98. The first-order chi connectivity index (χ1) is 7.13. The minimum atomic E-state index is -0.0226. The number of carbonyl (C=O) groups is 1. The van der Waals surface area contributed by atoms with E-state index >= 15 is 0 Å². The molecule has 0 spiro atoms. The predicted octanol–water partition coefficient (Wildman–Crippen LogP) is 0.692. The Morgan fingerprint density at radius 1 is 1.47 bits per heavy atom. The maximum absolute atomic E-state index is 11.4. The Hall–Kier alpha value is -1.42. The minimum absolute atomic E-state index is 0.0226. The Morgan fingerprint density at radius 2 is 2.07 bits per heavy atom. The molecular weight excluding hydrogens is 192 g/mol. The van der Waals surface area contributed by atoms with Gasteiger partial charge in [-0.3, -0.25) is 9.63 Å². The summed E-state index contributed by atoms with van der Waals surface area (Å²) >= 11 is 0. The Kier molecular flexibility index (Phi) is 4.24. The highest BCUT2D eigenvalue weighted by molar-refractivity contribution is 5.74. The van der Waals surface area contributed by atoms with Crippen molar-refractivity contribution in [3.63, 3.8) is 0 Å². The molecule has 0 N–H and O–H groups in total. The molecule has 0 fully saturated rings. The third kappa shape index (κ3) is 3.67. The van der Waals surface area contributed by atoms with Crippen molar-refractivity contribution < 1.29 is 14.2 Å². The van der Waals surface area contributed by atoms with Gasteiger partial charge in [-0.25, -0.2) is 9.63 Å². The van der Waals surface area contributed by atoms with Crippen LogP contribution in [0.25, 0.3) is 0 Å². The molecule has 0 atom stereocenters. The van der Waals surface area contributed by atoms with Crippen LogP contribution in [0.4, 0.5) is 0 Å². The zero-order chi connectivity index (χ0) is 11.3. The van der Waals surface area contributed by atoms with Gasteiger partial charge in [-0.1, -0.05) is 0 Å². The lowest BCUT2D eigenvalue weighted by Crippen LogP contribution is -2.36. The van der Waals surface area contributed by atoms with Crippen molar-refractivity contribution in [1.82, 2.24) is 5.06 Å². The molecule has 0 aliphatic rings. The molecule has 0 saturated heterocycles. The topological polar surface area (TPSA) is 33.4 Å². The largest absolute Gasteiger partial charge is 0.275 e. The van der Waals surface area contributed by atoms with E-state index in [2.05, 4.69) is 0 Å². The molecule has 0 radical (unpaired) electrons. The molecule has 1 heterocycles. The van der Waals surface area contributed by atoms with Crippen molar-refractivity contribution in [2.24, 2.45) is 0 Å². The molecule has 0 saturated carbocycles. The highest BCUT2D eigenvalue weighted by atomic mass is 16.7. The Morgan fingerprint density at radius 3 is 2.60 bits per heavy atom. The van der Waals surface area contributed by atoms with Crippen LogP contribution < -0.4 is 4.57 Å². The minimum Gasteiger partial charge on any atom is -0.275 e. The van der Waals surface area contributed by atoms with Crippen molar-refractivity contribution in [3.8, 4) is 0 Å². The first-order valence-corrected chi connectivity index (χ1v) is 4.90. The third-order valence-electron chi connectivity index (χ3n) is 2.27. The average molecular weight is 209 g/mol. The van der Waals surface area contributed by atoms with Crippen LogP contribution in [0.1, 0.15) is 12.0 Å². The van der Waals surface area contributed by atoms with E-state index in [1.165, 1.54) is 17.7 Å². The van der Waals surface area contributed by atoms with Crippen molar-refractivity contribution in [2.75, 3.05) is 14.2 Å². The van der Waals surface area contributed by atoms with Gasteiger partial charge < -0.3 is 0 Å². The van der Waals surface area contributed by atoms with E-state index in [9.17, 15) is 4.79 Å². The molecule has 4 nitrogen and oxygen atoms in total. The molecule has 82 valence electrons. The summed E-state index contributed by atoms with van der Waals surface area (Å²) in [5.74, 6) is -0.0226. The average Bonchev–Trinajstić information content (AvgIpc) is 2.26. The molecular formula is C11H17N2O2+. The normalized spacial score (nSPS) is 10.1. The van der Waals surface area contributed by atoms with Gasteiger partial charge in [-0.05, 0) is 12.5 Å². The molecule has 15 heavy (non-hydrogen) atoms. The molecule has 0 unspecified atom stereocenters. The van der Waals surface area contributed by atoms with Crippen LogP contribution in [-0.2, 0) is 16.2 Å². The third-order valence-corrected chi connectivity index (χ3v) is 2.27. The number of nitrogens with zero attached hydrogens (tertiary/aromatic N) is 2. The first kappa shape index (κ1) is 11.7. The van der Waals surface area contributed by atoms with Crippen LogP contribution in [0.2, 0.25) is 0 Å². The van der Waals surface area contributed by atoms with Gasteiger partial charge in [0.05, 0.1) is 13.5 Å². The molecule has 0 bridgehead atoms. The number of hydrogen-bond donors (Lipinski definition) is 0. The number of hydroxylamine groups is 2. The van der Waals surface area contributed by atoms with Crippen LogP contribution >= 0.6 is 0 Å². The van der Waals surface area contributed by atoms with Crippen LogP contribution in [0.3, 0.4) is 0 Å². The summed E-state index contributed by atoms with van der Waals surface area (Å²) in [5.41, 5.74) is 1.21. The van der Waals surface area contributed by atoms with E-state index in [-0.39, 0.29) is 5.91 Å². The fraction of sp³-hybridized carbons (Fsp3) is 0.455. The second kappa shape index (κ2) is 5.46. The second-order valence-electron chi connectivity index (χ2n) is 3.44. The van der Waals surface area contributed by atoms with Crippen LogP contribution in [-0.4, -0.2) is 25.1 Å². The van der Waals surface area contributed by atoms with Gasteiger partial charge in [0, 0.05) is 19.2 Å². The molecule has 1 amide bonds. The van der Waals surface area contributed by atoms with Gasteiger partial charge in [0.15, 0.2) is 18.9 Å². The van der Waals surface area contributed by atoms with Gasteiger partial charge in [0.2, 0.25) is 0 Å². The number of pyridine rings is 1. The Bertz CT molecular complexity index is 322. The van der Waals surface area contributed by atoms with Gasteiger partial charge in [0.25, 0.3) is 5.91 Å². The SMILES string of the molecule is CON(C)C(=O)CC[n+]1ccc(C)cc1. The van der Waals surface area contributed by atoms with E-state index in [0.29, 0.717) is 13.0 Å². The fourth-order valence-corrected chi connectivity index (χ4v) is 1.16. The zero-order valence-corrected chi connectivity index (χ0v) is 9.43. The number of aromatic nitrogens is 1. The second-order valence-corrected chi connectivity index (χ2v) is 3.44. The highest BCUT2D eigenvalue weighted by Crippen LogP contribution is 1.93. The number of aryl methyl sites for hydroxylation is 2. The van der Waals surface area contributed by atoms with E-state index in [1.54, 1.807) is 7.05 Å². The van der Waals surface area contributed by atoms with Gasteiger partial charge in [0.1, 0.15) is 0 Å². The van der Waals surface area contributed by atoms with E-state index < -0.39 is 0 Å². The molecule has 0 aromatic carbocycles. The monoisotopic (exact) mass is 209 g/mol. The fourth-order valence-electron chi connectivity index (χ4n) is 1.16. The number of hydrogen-bond acceptors (Lipinski definition) is 2. The molecule has 0 aliphatic heterocycles. The van der Waals surface area contributed by atoms with E-state index in [4.69, 9.17) is 4.84 Å². The summed E-state index contributed by atoms with van der Waals surface area (Å²) in [6.45, 7) is 2.71. The number of amides is 1. The lowest BCUT2D eigenvalue weighted by molar-refractivity contribution is -0.696. The Labute approximate surface area is 90.0 Å².